The van der Waals surface area contributed by atoms with Crippen molar-refractivity contribution in [3.05, 3.63) is 76.9 Å². The number of rotatable bonds is 7. The molecule has 0 fully saturated rings. The number of phenols is 1. The third-order valence-electron chi connectivity index (χ3n) is 5.25. The van der Waals surface area contributed by atoms with Gasteiger partial charge in [-0.25, -0.2) is 9.07 Å². The van der Waals surface area contributed by atoms with Crippen molar-refractivity contribution in [3.8, 4) is 11.4 Å². The number of fused-ring (bicyclic) bond motifs is 1. The standard InChI is InChI=1S/C23H23FN4O3/c24-16-8-10-17(11-9-16)28-20-7-2-6-19(20)21(27-28)23(31)26-13-3-12-25-22(30)15-4-1-5-18(29)14-15/h1,4-5,8-11,14,29H,2-3,6-7,12-13H2,(H,25,30)(H,26,31). The number of phenolic OH excluding ortho intramolecular Hbond substituents is 1. The lowest BCUT2D eigenvalue weighted by molar-refractivity contribution is 0.0946. The highest BCUT2D eigenvalue weighted by molar-refractivity contribution is 5.95. The molecule has 2 aromatic carbocycles. The number of aromatic hydroxyl groups is 1. The summed E-state index contributed by atoms with van der Waals surface area (Å²) >= 11 is 0. The summed E-state index contributed by atoms with van der Waals surface area (Å²) in [4.78, 5) is 24.8. The Bertz CT molecular complexity index is 1110. The summed E-state index contributed by atoms with van der Waals surface area (Å²) in [6.45, 7) is 0.772. The quantitative estimate of drug-likeness (QED) is 0.510. The van der Waals surface area contributed by atoms with Gasteiger partial charge in [0.25, 0.3) is 11.8 Å². The summed E-state index contributed by atoms with van der Waals surface area (Å²) in [5.74, 6) is -0.814. The second-order valence-corrected chi connectivity index (χ2v) is 7.43. The van der Waals surface area contributed by atoms with E-state index in [1.165, 1.54) is 24.3 Å². The molecular formula is C23H23FN4O3. The minimum atomic E-state index is -0.318. The van der Waals surface area contributed by atoms with E-state index in [0.717, 1.165) is 36.2 Å². The first-order valence-corrected chi connectivity index (χ1v) is 10.2. The van der Waals surface area contributed by atoms with E-state index in [1.54, 1.807) is 28.9 Å². The second-order valence-electron chi connectivity index (χ2n) is 7.43. The van der Waals surface area contributed by atoms with Crippen molar-refractivity contribution >= 4 is 11.8 Å². The van der Waals surface area contributed by atoms with Crippen molar-refractivity contribution in [1.29, 1.82) is 0 Å². The van der Waals surface area contributed by atoms with Gasteiger partial charge in [0.2, 0.25) is 0 Å². The molecule has 0 unspecified atom stereocenters. The first kappa shape index (κ1) is 20.6. The predicted molar refractivity (Wildman–Crippen MR) is 113 cm³/mol. The minimum absolute atomic E-state index is 0.0347. The topological polar surface area (TPSA) is 96.3 Å². The Kier molecular flexibility index (Phi) is 5.97. The fourth-order valence-corrected chi connectivity index (χ4v) is 3.74. The number of nitrogens with zero attached hydrogens (tertiary/aromatic N) is 2. The van der Waals surface area contributed by atoms with Crippen molar-refractivity contribution in [2.24, 2.45) is 0 Å². The van der Waals surface area contributed by atoms with Crippen molar-refractivity contribution in [2.45, 2.75) is 25.7 Å². The van der Waals surface area contributed by atoms with Crippen LogP contribution in [0.15, 0.2) is 48.5 Å². The molecule has 0 radical (unpaired) electrons. The van der Waals surface area contributed by atoms with E-state index < -0.39 is 0 Å². The summed E-state index contributed by atoms with van der Waals surface area (Å²) in [7, 11) is 0. The zero-order chi connectivity index (χ0) is 21.8. The van der Waals surface area contributed by atoms with E-state index in [1.807, 2.05) is 0 Å². The van der Waals surface area contributed by atoms with Gasteiger partial charge in [0, 0.05) is 29.9 Å². The normalized spacial score (nSPS) is 12.4. The largest absolute Gasteiger partial charge is 0.508 e. The summed E-state index contributed by atoms with van der Waals surface area (Å²) in [6, 6.07) is 12.2. The van der Waals surface area contributed by atoms with E-state index in [2.05, 4.69) is 15.7 Å². The summed E-state index contributed by atoms with van der Waals surface area (Å²) in [5.41, 5.74) is 3.45. The molecule has 1 aliphatic carbocycles. The minimum Gasteiger partial charge on any atom is -0.508 e. The molecule has 1 heterocycles. The van der Waals surface area contributed by atoms with Crippen LogP contribution in [-0.4, -0.2) is 39.8 Å². The molecule has 7 nitrogen and oxygen atoms in total. The Labute approximate surface area is 178 Å². The molecule has 4 rings (SSSR count). The second kappa shape index (κ2) is 8.99. The van der Waals surface area contributed by atoms with Gasteiger partial charge in [0.15, 0.2) is 5.69 Å². The number of carbonyl (C=O) groups excluding carboxylic acids is 2. The van der Waals surface area contributed by atoms with Crippen LogP contribution in [0.5, 0.6) is 5.75 Å². The monoisotopic (exact) mass is 422 g/mol. The van der Waals surface area contributed by atoms with Crippen LogP contribution in [0, 0.1) is 5.82 Å². The maximum Gasteiger partial charge on any atom is 0.272 e. The molecule has 31 heavy (non-hydrogen) atoms. The molecule has 160 valence electrons. The predicted octanol–water partition coefficient (Wildman–Crippen LogP) is 2.76. The van der Waals surface area contributed by atoms with Crippen LogP contribution in [0.25, 0.3) is 5.69 Å². The van der Waals surface area contributed by atoms with E-state index in [0.29, 0.717) is 30.8 Å². The van der Waals surface area contributed by atoms with E-state index in [9.17, 15) is 19.1 Å². The SMILES string of the molecule is O=C(NCCCNC(=O)c1nn(-c2ccc(F)cc2)c2c1CCC2)c1cccc(O)c1. The Balaban J connectivity index is 1.33. The Morgan fingerprint density at radius 3 is 2.52 bits per heavy atom. The average molecular weight is 422 g/mol. The maximum atomic E-state index is 13.2. The lowest BCUT2D eigenvalue weighted by Crippen LogP contribution is -2.30. The molecule has 0 saturated carbocycles. The smallest absolute Gasteiger partial charge is 0.272 e. The summed E-state index contributed by atoms with van der Waals surface area (Å²) in [6.07, 6.45) is 3.13. The van der Waals surface area contributed by atoms with Gasteiger partial charge in [-0.05, 0) is 68.1 Å². The number of benzene rings is 2. The fraction of sp³-hybridized carbons (Fsp3) is 0.261. The molecule has 2 amide bonds. The van der Waals surface area contributed by atoms with Crippen LogP contribution in [-0.2, 0) is 12.8 Å². The lowest BCUT2D eigenvalue weighted by atomic mass is 10.2. The van der Waals surface area contributed by atoms with Crippen LogP contribution >= 0.6 is 0 Å². The third kappa shape index (κ3) is 4.58. The molecule has 8 heteroatoms. The Morgan fingerprint density at radius 2 is 1.77 bits per heavy atom. The van der Waals surface area contributed by atoms with Gasteiger partial charge in [0.05, 0.1) is 5.69 Å². The number of halogens is 1. The number of aromatic nitrogens is 2. The number of carbonyl (C=O) groups is 2. The highest BCUT2D eigenvalue weighted by atomic mass is 19.1. The molecule has 0 aliphatic heterocycles. The van der Waals surface area contributed by atoms with Crippen molar-refractivity contribution in [2.75, 3.05) is 13.1 Å². The molecule has 1 aromatic heterocycles. The molecular weight excluding hydrogens is 399 g/mol. The van der Waals surface area contributed by atoms with Crippen LogP contribution in [0.4, 0.5) is 4.39 Å². The average Bonchev–Trinajstić information content (AvgIpc) is 3.37. The molecule has 0 bridgehead atoms. The van der Waals surface area contributed by atoms with Crippen LogP contribution in [0.2, 0.25) is 0 Å². The van der Waals surface area contributed by atoms with Crippen molar-refractivity contribution in [3.63, 3.8) is 0 Å². The van der Waals surface area contributed by atoms with Gasteiger partial charge >= 0.3 is 0 Å². The van der Waals surface area contributed by atoms with Gasteiger partial charge in [-0.1, -0.05) is 6.07 Å². The zero-order valence-corrected chi connectivity index (χ0v) is 16.9. The maximum absolute atomic E-state index is 13.2. The summed E-state index contributed by atoms with van der Waals surface area (Å²) < 4.78 is 15.0. The van der Waals surface area contributed by atoms with E-state index in [-0.39, 0.29) is 23.4 Å². The highest BCUT2D eigenvalue weighted by Crippen LogP contribution is 2.27. The first-order chi connectivity index (χ1) is 15.0. The van der Waals surface area contributed by atoms with Crippen LogP contribution in [0.3, 0.4) is 0 Å². The van der Waals surface area contributed by atoms with Gasteiger partial charge in [-0.15, -0.1) is 0 Å². The number of hydrogen-bond acceptors (Lipinski definition) is 4. The van der Waals surface area contributed by atoms with E-state index >= 15 is 0 Å². The van der Waals surface area contributed by atoms with Gasteiger partial charge in [-0.2, -0.15) is 5.10 Å². The van der Waals surface area contributed by atoms with Crippen molar-refractivity contribution in [1.82, 2.24) is 20.4 Å². The van der Waals surface area contributed by atoms with Gasteiger partial charge in [0.1, 0.15) is 11.6 Å². The molecule has 3 aromatic rings. The van der Waals surface area contributed by atoms with Crippen molar-refractivity contribution < 1.29 is 19.1 Å². The highest BCUT2D eigenvalue weighted by Gasteiger charge is 2.26. The van der Waals surface area contributed by atoms with Crippen LogP contribution < -0.4 is 10.6 Å². The number of hydrogen-bond donors (Lipinski definition) is 3. The lowest BCUT2D eigenvalue weighted by Gasteiger charge is -2.07. The zero-order valence-electron chi connectivity index (χ0n) is 16.9. The van der Waals surface area contributed by atoms with Crippen LogP contribution in [0.1, 0.15) is 44.9 Å². The molecule has 0 spiro atoms. The molecule has 0 atom stereocenters. The number of amides is 2. The third-order valence-corrected chi connectivity index (χ3v) is 5.25. The fourth-order valence-electron chi connectivity index (χ4n) is 3.74. The molecule has 1 aliphatic rings. The van der Waals surface area contributed by atoms with E-state index in [4.69, 9.17) is 0 Å². The number of nitrogens with one attached hydrogen (secondary N) is 2. The summed E-state index contributed by atoms with van der Waals surface area (Å²) in [5, 5.41) is 19.6. The molecule has 3 N–H and O–H groups in total. The Hall–Kier alpha value is -3.68. The van der Waals surface area contributed by atoms with Gasteiger partial charge in [-0.3, -0.25) is 9.59 Å². The Morgan fingerprint density at radius 1 is 1.03 bits per heavy atom. The first-order valence-electron chi connectivity index (χ1n) is 10.2. The molecule has 0 saturated heterocycles. The van der Waals surface area contributed by atoms with Gasteiger partial charge < -0.3 is 15.7 Å².